The number of furan rings is 1. The monoisotopic (exact) mass is 351 g/mol. The first-order valence-corrected chi connectivity index (χ1v) is 7.86. The molecule has 1 aliphatic rings. The summed E-state index contributed by atoms with van der Waals surface area (Å²) >= 11 is 0. The topological polar surface area (TPSA) is 80.2 Å². The third-order valence-corrected chi connectivity index (χ3v) is 4.54. The van der Waals surface area contributed by atoms with Crippen LogP contribution in [0.25, 0.3) is 22.1 Å². The molecule has 6 nitrogen and oxygen atoms in total. The van der Waals surface area contributed by atoms with Crippen molar-refractivity contribution in [2.24, 2.45) is 0 Å². The second-order valence-corrected chi connectivity index (χ2v) is 6.08. The number of halogens is 3. The smallest absolute Gasteiger partial charge is 0.417 e. The Morgan fingerprint density at radius 1 is 1.32 bits per heavy atom. The van der Waals surface area contributed by atoms with Gasteiger partial charge in [0.25, 0.3) is 0 Å². The van der Waals surface area contributed by atoms with E-state index in [0.717, 1.165) is 12.5 Å². The highest BCUT2D eigenvalue weighted by Gasteiger charge is 2.35. The maximum Gasteiger partial charge on any atom is 0.417 e. The van der Waals surface area contributed by atoms with Crippen molar-refractivity contribution in [3.63, 3.8) is 0 Å². The molecule has 1 saturated heterocycles. The minimum Gasteiger partial charge on any atom is -0.450 e. The van der Waals surface area contributed by atoms with Gasteiger partial charge in [-0.1, -0.05) is 6.07 Å². The van der Waals surface area contributed by atoms with Gasteiger partial charge < -0.3 is 20.4 Å². The van der Waals surface area contributed by atoms with Crippen molar-refractivity contribution in [3.8, 4) is 0 Å². The number of anilines is 2. The van der Waals surface area contributed by atoms with Crippen LogP contribution in [0.5, 0.6) is 0 Å². The van der Waals surface area contributed by atoms with E-state index in [4.69, 9.17) is 10.2 Å². The highest BCUT2D eigenvalue weighted by atomic mass is 19.4. The number of nitrogens with two attached hydrogens (primary N) is 1. The van der Waals surface area contributed by atoms with Gasteiger partial charge in [0.1, 0.15) is 11.1 Å². The minimum absolute atomic E-state index is 0.0740. The van der Waals surface area contributed by atoms with E-state index in [0.29, 0.717) is 18.9 Å². The Bertz CT molecular complexity index is 952. The number of nitrogen functional groups attached to an aromatic ring is 1. The van der Waals surface area contributed by atoms with Gasteiger partial charge in [-0.25, -0.2) is 4.98 Å². The summed E-state index contributed by atoms with van der Waals surface area (Å²) in [4.78, 5) is 10.2. The van der Waals surface area contributed by atoms with Crippen molar-refractivity contribution in [2.75, 3.05) is 30.8 Å². The number of aromatic nitrogens is 2. The van der Waals surface area contributed by atoms with Gasteiger partial charge in [0.05, 0.1) is 10.9 Å². The van der Waals surface area contributed by atoms with E-state index in [9.17, 15) is 13.2 Å². The number of likely N-dealkylation sites (N-methyl/N-ethyl adjacent to an activating group) is 1. The lowest BCUT2D eigenvalue weighted by Crippen LogP contribution is -2.30. The summed E-state index contributed by atoms with van der Waals surface area (Å²) in [5.41, 5.74) is 5.44. The van der Waals surface area contributed by atoms with Gasteiger partial charge in [0, 0.05) is 19.1 Å². The standard InChI is InChI=1S/C16H16F3N5O/c1-21-8-5-6-24(7-8)14-13-12(22-15(20)23-14)11-9(16(17,18)19)3-2-4-10(11)25-13/h2-4,8,21H,5-7H2,1H3,(H2,20,22,23)/t8-/m1/s1. The van der Waals surface area contributed by atoms with E-state index in [2.05, 4.69) is 15.3 Å². The lowest BCUT2D eigenvalue weighted by atomic mass is 10.1. The molecule has 0 amide bonds. The van der Waals surface area contributed by atoms with Crippen molar-refractivity contribution in [1.29, 1.82) is 0 Å². The molecular weight excluding hydrogens is 335 g/mol. The fraction of sp³-hybridized carbons (Fsp3) is 0.375. The highest BCUT2D eigenvalue weighted by Crippen LogP contribution is 2.41. The van der Waals surface area contributed by atoms with Crippen LogP contribution in [0.3, 0.4) is 0 Å². The average molecular weight is 351 g/mol. The van der Waals surface area contributed by atoms with Crippen molar-refractivity contribution in [3.05, 3.63) is 23.8 Å². The highest BCUT2D eigenvalue weighted by molar-refractivity contribution is 6.08. The molecular formula is C16H16F3N5O. The average Bonchev–Trinajstić information content (AvgIpc) is 3.17. The molecule has 2 aromatic heterocycles. The number of benzene rings is 1. The lowest BCUT2D eigenvalue weighted by molar-refractivity contribution is -0.136. The molecule has 1 aliphatic heterocycles. The Balaban J connectivity index is 1.98. The largest absolute Gasteiger partial charge is 0.450 e. The molecule has 0 saturated carbocycles. The first kappa shape index (κ1) is 15.9. The summed E-state index contributed by atoms with van der Waals surface area (Å²) in [7, 11) is 1.87. The van der Waals surface area contributed by atoms with E-state index < -0.39 is 11.7 Å². The molecule has 3 heterocycles. The lowest BCUT2D eigenvalue weighted by Gasteiger charge is -2.17. The Hall–Kier alpha value is -2.55. The molecule has 132 valence electrons. The SMILES string of the molecule is CN[C@@H]1CCN(c2nc(N)nc3c2oc2cccc(C(F)(F)F)c23)C1. The van der Waals surface area contributed by atoms with Crippen molar-refractivity contribution < 1.29 is 17.6 Å². The van der Waals surface area contributed by atoms with Crippen LogP contribution in [0.1, 0.15) is 12.0 Å². The van der Waals surface area contributed by atoms with Crippen LogP contribution in [0.4, 0.5) is 24.9 Å². The molecule has 1 aromatic carbocycles. The van der Waals surface area contributed by atoms with E-state index in [1.165, 1.54) is 12.1 Å². The van der Waals surface area contributed by atoms with Gasteiger partial charge in [-0.2, -0.15) is 18.2 Å². The van der Waals surface area contributed by atoms with Crippen molar-refractivity contribution in [2.45, 2.75) is 18.6 Å². The van der Waals surface area contributed by atoms with Crippen LogP contribution in [0.15, 0.2) is 22.6 Å². The Kier molecular flexibility index (Phi) is 3.50. The third kappa shape index (κ3) is 2.55. The molecule has 0 radical (unpaired) electrons. The van der Waals surface area contributed by atoms with Crippen molar-refractivity contribution in [1.82, 2.24) is 15.3 Å². The number of rotatable bonds is 2. The van der Waals surface area contributed by atoms with Gasteiger partial charge in [0.15, 0.2) is 11.4 Å². The summed E-state index contributed by atoms with van der Waals surface area (Å²) in [6.07, 6.45) is -3.61. The van der Waals surface area contributed by atoms with Gasteiger partial charge >= 0.3 is 6.18 Å². The Labute approximate surface area is 140 Å². The predicted molar refractivity (Wildman–Crippen MR) is 88.4 cm³/mol. The predicted octanol–water partition coefficient (Wildman–Crippen LogP) is 2.78. The van der Waals surface area contributed by atoms with E-state index in [1.807, 2.05) is 11.9 Å². The number of alkyl halides is 3. The number of hydrogen-bond donors (Lipinski definition) is 2. The van der Waals surface area contributed by atoms with Crippen molar-refractivity contribution >= 4 is 33.8 Å². The number of nitrogens with zero attached hydrogens (tertiary/aromatic N) is 3. The molecule has 9 heteroatoms. The second kappa shape index (κ2) is 5.48. The summed E-state index contributed by atoms with van der Waals surface area (Å²) in [5, 5.41) is 3.11. The van der Waals surface area contributed by atoms with Crippen LogP contribution in [-0.4, -0.2) is 36.1 Å². The Morgan fingerprint density at radius 3 is 2.80 bits per heavy atom. The Morgan fingerprint density at radius 2 is 2.12 bits per heavy atom. The third-order valence-electron chi connectivity index (χ3n) is 4.54. The molecule has 0 spiro atoms. The molecule has 1 atom stereocenters. The fourth-order valence-corrected chi connectivity index (χ4v) is 3.33. The van der Waals surface area contributed by atoms with Gasteiger partial charge in [0.2, 0.25) is 5.95 Å². The molecule has 4 rings (SSSR count). The first-order chi connectivity index (χ1) is 11.9. The zero-order valence-electron chi connectivity index (χ0n) is 13.4. The van der Waals surface area contributed by atoms with Gasteiger partial charge in [-0.15, -0.1) is 0 Å². The van der Waals surface area contributed by atoms with Gasteiger partial charge in [-0.05, 0) is 25.6 Å². The summed E-state index contributed by atoms with van der Waals surface area (Å²) in [6, 6.07) is 4.10. The normalized spacial score (nSPS) is 18.6. The number of fused-ring (bicyclic) bond motifs is 3. The number of hydrogen-bond acceptors (Lipinski definition) is 6. The molecule has 0 aliphatic carbocycles. The summed E-state index contributed by atoms with van der Waals surface area (Å²) in [6.45, 7) is 1.38. The van der Waals surface area contributed by atoms with Crippen LogP contribution < -0.4 is 16.0 Å². The zero-order valence-corrected chi connectivity index (χ0v) is 13.4. The van der Waals surface area contributed by atoms with Crippen LogP contribution in [0, 0.1) is 0 Å². The van der Waals surface area contributed by atoms with Gasteiger partial charge in [-0.3, -0.25) is 0 Å². The number of nitrogens with one attached hydrogen (secondary N) is 1. The molecule has 25 heavy (non-hydrogen) atoms. The minimum atomic E-state index is -4.51. The molecule has 0 unspecified atom stereocenters. The fourth-order valence-electron chi connectivity index (χ4n) is 3.33. The molecule has 3 aromatic rings. The van der Waals surface area contributed by atoms with Crippen LogP contribution >= 0.6 is 0 Å². The maximum absolute atomic E-state index is 13.4. The van der Waals surface area contributed by atoms with Crippen LogP contribution in [0.2, 0.25) is 0 Å². The van der Waals surface area contributed by atoms with Crippen LogP contribution in [-0.2, 0) is 6.18 Å². The molecule has 3 N–H and O–H groups in total. The zero-order chi connectivity index (χ0) is 17.8. The van der Waals surface area contributed by atoms with E-state index in [1.54, 1.807) is 0 Å². The molecule has 1 fully saturated rings. The van der Waals surface area contributed by atoms with E-state index in [-0.39, 0.29) is 34.1 Å². The summed E-state index contributed by atoms with van der Waals surface area (Å²) in [5.74, 6) is 0.361. The maximum atomic E-state index is 13.4. The van der Waals surface area contributed by atoms with E-state index >= 15 is 0 Å². The quantitative estimate of drug-likeness (QED) is 0.739. The molecule has 0 bridgehead atoms. The summed E-state index contributed by atoms with van der Waals surface area (Å²) < 4.78 is 45.9. The first-order valence-electron chi connectivity index (χ1n) is 7.86. The second-order valence-electron chi connectivity index (χ2n) is 6.08.